The van der Waals surface area contributed by atoms with Gasteiger partial charge < -0.3 is 14.8 Å². The van der Waals surface area contributed by atoms with Gasteiger partial charge in [0.1, 0.15) is 12.1 Å². The average molecular weight is 334 g/mol. The third kappa shape index (κ3) is 2.24. The fraction of sp³-hybridized carbons (Fsp3) is 0.167. The molecule has 7 nitrogen and oxygen atoms in total. The number of aromatic nitrogens is 3. The largest absolute Gasteiger partial charge is 0.454 e. The van der Waals surface area contributed by atoms with Crippen LogP contribution in [0, 0.1) is 0 Å². The monoisotopic (exact) mass is 334 g/mol. The fourth-order valence-corrected chi connectivity index (χ4v) is 3.30. The minimum absolute atomic E-state index is 0.0409. The van der Waals surface area contributed by atoms with E-state index < -0.39 is 0 Å². The van der Waals surface area contributed by atoms with Crippen molar-refractivity contribution in [2.45, 2.75) is 12.3 Å². The number of ether oxygens (including phenoxy) is 2. The molecule has 7 heteroatoms. The highest BCUT2D eigenvalue weighted by Gasteiger charge is 2.32. The molecule has 124 valence electrons. The van der Waals surface area contributed by atoms with Crippen molar-refractivity contribution < 1.29 is 14.3 Å². The summed E-state index contributed by atoms with van der Waals surface area (Å²) in [4.78, 5) is 21.0. The van der Waals surface area contributed by atoms with Crippen LogP contribution in [-0.2, 0) is 4.79 Å². The fourth-order valence-electron chi connectivity index (χ4n) is 3.30. The maximum absolute atomic E-state index is 12.3. The molecule has 1 amide bonds. The third-order valence-electron chi connectivity index (χ3n) is 4.50. The molecule has 1 N–H and O–H groups in total. The Morgan fingerprint density at radius 2 is 2.12 bits per heavy atom. The van der Waals surface area contributed by atoms with Crippen LogP contribution in [0.4, 0.5) is 5.82 Å². The normalized spacial score (nSPS) is 17.9. The Labute approximate surface area is 143 Å². The van der Waals surface area contributed by atoms with Gasteiger partial charge in [-0.05, 0) is 29.8 Å². The first-order valence-corrected chi connectivity index (χ1v) is 7.96. The van der Waals surface area contributed by atoms with E-state index >= 15 is 0 Å². The molecule has 2 aliphatic heterocycles. The summed E-state index contributed by atoms with van der Waals surface area (Å²) in [7, 11) is 0. The Morgan fingerprint density at radius 3 is 3.00 bits per heavy atom. The molecule has 0 aliphatic carbocycles. The van der Waals surface area contributed by atoms with E-state index in [-0.39, 0.29) is 18.6 Å². The van der Waals surface area contributed by atoms with Crippen molar-refractivity contribution in [1.29, 1.82) is 0 Å². The van der Waals surface area contributed by atoms with Crippen LogP contribution < -0.4 is 14.8 Å². The van der Waals surface area contributed by atoms with Gasteiger partial charge in [0, 0.05) is 18.5 Å². The van der Waals surface area contributed by atoms with Gasteiger partial charge in [-0.3, -0.25) is 14.3 Å². The summed E-state index contributed by atoms with van der Waals surface area (Å²) >= 11 is 0. The summed E-state index contributed by atoms with van der Waals surface area (Å²) in [6.07, 6.45) is 5.50. The molecule has 0 saturated heterocycles. The van der Waals surface area contributed by atoms with Crippen molar-refractivity contribution in [2.24, 2.45) is 0 Å². The summed E-state index contributed by atoms with van der Waals surface area (Å²) in [5.41, 5.74) is 2.67. The van der Waals surface area contributed by atoms with E-state index in [2.05, 4.69) is 15.3 Å². The summed E-state index contributed by atoms with van der Waals surface area (Å²) in [6.45, 7) is 0.227. The van der Waals surface area contributed by atoms with Crippen LogP contribution >= 0.6 is 0 Å². The molecule has 0 bridgehead atoms. The molecule has 0 unspecified atom stereocenters. The van der Waals surface area contributed by atoms with Gasteiger partial charge in [0.15, 0.2) is 11.5 Å². The van der Waals surface area contributed by atoms with E-state index in [0.29, 0.717) is 18.0 Å². The van der Waals surface area contributed by atoms with E-state index in [1.54, 1.807) is 18.7 Å². The third-order valence-corrected chi connectivity index (χ3v) is 4.50. The first kappa shape index (κ1) is 14.0. The molecule has 0 radical (unpaired) electrons. The quantitative estimate of drug-likeness (QED) is 0.779. The predicted octanol–water partition coefficient (Wildman–Crippen LogP) is 2.47. The molecule has 2 aromatic heterocycles. The number of carbonyl (C=O) groups excluding carboxylic acids is 1. The van der Waals surface area contributed by atoms with Crippen LogP contribution in [0.15, 0.2) is 49.1 Å². The minimum atomic E-state index is -0.129. The van der Waals surface area contributed by atoms with E-state index in [9.17, 15) is 4.79 Å². The van der Waals surface area contributed by atoms with Crippen LogP contribution in [0.1, 0.15) is 23.6 Å². The molecule has 5 rings (SSSR count). The van der Waals surface area contributed by atoms with E-state index in [1.165, 1.54) is 0 Å². The molecular formula is C18H14N4O3. The number of hydrogen-bond acceptors (Lipinski definition) is 5. The first-order valence-electron chi connectivity index (χ1n) is 7.96. The number of imidazole rings is 1. The van der Waals surface area contributed by atoms with Gasteiger partial charge in [0.05, 0.1) is 17.6 Å². The molecule has 0 spiro atoms. The molecule has 1 aromatic carbocycles. The number of pyridine rings is 1. The number of nitrogens with zero attached hydrogens (tertiary/aromatic N) is 3. The van der Waals surface area contributed by atoms with Crippen LogP contribution in [-0.4, -0.2) is 27.2 Å². The highest BCUT2D eigenvalue weighted by atomic mass is 16.7. The first-order chi connectivity index (χ1) is 12.3. The topological polar surface area (TPSA) is 78.3 Å². The SMILES string of the molecule is O=C1C[C@H](c2ccc3c(c2)OCO3)c2ncn(-c3cccnc3)c2N1. The van der Waals surface area contributed by atoms with Crippen LogP contribution in [0.5, 0.6) is 11.5 Å². The zero-order valence-corrected chi connectivity index (χ0v) is 13.2. The van der Waals surface area contributed by atoms with Gasteiger partial charge in [-0.15, -0.1) is 0 Å². The molecule has 1 atom stereocenters. The van der Waals surface area contributed by atoms with Crippen molar-refractivity contribution >= 4 is 11.7 Å². The Balaban J connectivity index is 1.60. The lowest BCUT2D eigenvalue weighted by Crippen LogP contribution is -2.24. The Hall–Kier alpha value is -3.35. The van der Waals surface area contributed by atoms with Crippen LogP contribution in [0.2, 0.25) is 0 Å². The Kier molecular flexibility index (Phi) is 3.00. The summed E-state index contributed by atoms with van der Waals surface area (Å²) in [6, 6.07) is 9.54. The Morgan fingerprint density at radius 1 is 1.20 bits per heavy atom. The number of carbonyl (C=O) groups is 1. The van der Waals surface area contributed by atoms with Gasteiger partial charge in [0.2, 0.25) is 12.7 Å². The zero-order valence-electron chi connectivity index (χ0n) is 13.2. The lowest BCUT2D eigenvalue weighted by atomic mass is 9.89. The zero-order chi connectivity index (χ0) is 16.8. The van der Waals surface area contributed by atoms with Crippen molar-refractivity contribution in [2.75, 3.05) is 12.1 Å². The van der Waals surface area contributed by atoms with Crippen molar-refractivity contribution in [3.05, 3.63) is 60.3 Å². The van der Waals surface area contributed by atoms with Gasteiger partial charge in [-0.25, -0.2) is 4.98 Å². The van der Waals surface area contributed by atoms with Crippen LogP contribution in [0.3, 0.4) is 0 Å². The van der Waals surface area contributed by atoms with Crippen molar-refractivity contribution in [3.8, 4) is 17.2 Å². The predicted molar refractivity (Wildman–Crippen MR) is 89.0 cm³/mol. The summed E-state index contributed by atoms with van der Waals surface area (Å²) < 4.78 is 12.7. The van der Waals surface area contributed by atoms with Gasteiger partial charge in [-0.1, -0.05) is 6.07 Å². The Bertz CT molecular complexity index is 968. The summed E-state index contributed by atoms with van der Waals surface area (Å²) in [5, 5.41) is 2.94. The maximum Gasteiger partial charge on any atom is 0.231 e. The van der Waals surface area contributed by atoms with E-state index in [0.717, 1.165) is 22.7 Å². The van der Waals surface area contributed by atoms with E-state index in [1.807, 2.05) is 34.9 Å². The molecule has 2 aliphatic rings. The average Bonchev–Trinajstić information content (AvgIpc) is 3.27. The summed E-state index contributed by atoms with van der Waals surface area (Å²) in [5.74, 6) is 1.95. The molecule has 3 aromatic rings. The number of amides is 1. The van der Waals surface area contributed by atoms with E-state index in [4.69, 9.17) is 9.47 Å². The second-order valence-electron chi connectivity index (χ2n) is 5.98. The minimum Gasteiger partial charge on any atom is -0.454 e. The second kappa shape index (κ2) is 5.34. The number of benzene rings is 1. The highest BCUT2D eigenvalue weighted by Crippen LogP contribution is 2.41. The van der Waals surface area contributed by atoms with Crippen LogP contribution in [0.25, 0.3) is 5.69 Å². The maximum atomic E-state index is 12.3. The van der Waals surface area contributed by atoms with Gasteiger partial charge in [0.25, 0.3) is 0 Å². The highest BCUT2D eigenvalue weighted by molar-refractivity contribution is 5.94. The molecule has 4 heterocycles. The van der Waals surface area contributed by atoms with Crippen molar-refractivity contribution in [3.63, 3.8) is 0 Å². The second-order valence-corrected chi connectivity index (χ2v) is 5.98. The lowest BCUT2D eigenvalue weighted by Gasteiger charge is -2.23. The lowest BCUT2D eigenvalue weighted by molar-refractivity contribution is -0.116. The molecule has 0 saturated carbocycles. The standard InChI is InChI=1S/C18H14N4O3/c23-16-7-13(11-3-4-14-15(6-11)25-10-24-14)17-18(21-16)22(9-20-17)12-2-1-5-19-8-12/h1-6,8-9,13H,7,10H2,(H,21,23)/t13-/m1/s1. The van der Waals surface area contributed by atoms with Crippen molar-refractivity contribution in [1.82, 2.24) is 14.5 Å². The molecule has 25 heavy (non-hydrogen) atoms. The molecule has 0 fully saturated rings. The van der Waals surface area contributed by atoms with Gasteiger partial charge >= 0.3 is 0 Å². The van der Waals surface area contributed by atoms with Gasteiger partial charge in [-0.2, -0.15) is 0 Å². The number of hydrogen-bond donors (Lipinski definition) is 1. The number of anilines is 1. The smallest absolute Gasteiger partial charge is 0.231 e. The number of fused-ring (bicyclic) bond motifs is 2. The number of nitrogens with one attached hydrogen (secondary N) is 1. The molecular weight excluding hydrogens is 320 g/mol. The number of rotatable bonds is 2.